The van der Waals surface area contributed by atoms with Gasteiger partial charge in [0.25, 0.3) is 0 Å². The van der Waals surface area contributed by atoms with E-state index in [1.165, 1.54) is 0 Å². The highest BCUT2D eigenvalue weighted by Gasteiger charge is 2.07. The first-order valence-corrected chi connectivity index (χ1v) is 8.61. The van der Waals surface area contributed by atoms with E-state index in [1.54, 1.807) is 14.2 Å². The molecule has 0 bridgehead atoms. The molecule has 2 N–H and O–H groups in total. The van der Waals surface area contributed by atoms with Gasteiger partial charge in [0.1, 0.15) is 11.6 Å². The molecule has 0 amide bonds. The molecule has 0 aliphatic heterocycles. The van der Waals surface area contributed by atoms with Gasteiger partial charge in [0.15, 0.2) is 11.8 Å². The van der Waals surface area contributed by atoms with Gasteiger partial charge in [-0.25, -0.2) is 4.99 Å². The summed E-state index contributed by atoms with van der Waals surface area (Å²) in [4.78, 5) is 4.60. The number of rotatable bonds is 8. The van der Waals surface area contributed by atoms with E-state index in [0.717, 1.165) is 17.2 Å². The summed E-state index contributed by atoms with van der Waals surface area (Å²) in [5.41, 5.74) is 0.984. The molecule has 2 rings (SSSR count). The molecule has 0 atom stereocenters. The minimum Gasteiger partial charge on any atom is -0.495 e. The maximum atomic E-state index is 6.17. The van der Waals surface area contributed by atoms with E-state index in [4.69, 9.17) is 21.1 Å². The fourth-order valence-electron chi connectivity index (χ4n) is 2.19. The van der Waals surface area contributed by atoms with E-state index in [-0.39, 0.29) is 24.0 Å². The number of benzene rings is 1. The maximum Gasteiger partial charge on any atom is 0.192 e. The molecule has 0 spiro atoms. The molecule has 0 aliphatic carbocycles. The lowest BCUT2D eigenvalue weighted by Crippen LogP contribution is -2.39. The summed E-state index contributed by atoms with van der Waals surface area (Å²) in [5.74, 6) is 3.00. The van der Waals surface area contributed by atoms with Crippen LogP contribution in [0.1, 0.15) is 17.2 Å². The number of nitrogens with one attached hydrogen (secondary N) is 2. The van der Waals surface area contributed by atoms with Crippen molar-refractivity contribution in [3.8, 4) is 5.75 Å². The Morgan fingerprint density at radius 2 is 2.04 bits per heavy atom. The van der Waals surface area contributed by atoms with Crippen molar-refractivity contribution in [2.45, 2.75) is 20.0 Å². The van der Waals surface area contributed by atoms with Crippen LogP contribution >= 0.6 is 35.6 Å². The number of methoxy groups -OCH3 is 2. The number of ether oxygens (including phenoxy) is 2. The third-order valence-corrected chi connectivity index (χ3v) is 4.13. The number of guanidine groups is 1. The smallest absolute Gasteiger partial charge is 0.192 e. The molecule has 150 valence electrons. The van der Waals surface area contributed by atoms with E-state index < -0.39 is 0 Å². The van der Waals surface area contributed by atoms with Crippen molar-refractivity contribution in [2.24, 2.45) is 12.0 Å². The Morgan fingerprint density at radius 1 is 1.26 bits per heavy atom. The summed E-state index contributed by atoms with van der Waals surface area (Å²) < 4.78 is 12.2. The molecular formula is C17H26ClIN6O2. The Bertz CT molecular complexity index is 753. The van der Waals surface area contributed by atoms with Gasteiger partial charge in [-0.05, 0) is 24.6 Å². The number of nitrogens with zero attached hydrogens (tertiary/aromatic N) is 4. The Balaban J connectivity index is 0.00000364. The summed E-state index contributed by atoms with van der Waals surface area (Å²) in [6.07, 6.45) is 0. The highest BCUT2D eigenvalue weighted by molar-refractivity contribution is 14.0. The molecule has 8 nitrogen and oxygen atoms in total. The van der Waals surface area contributed by atoms with Crippen molar-refractivity contribution in [1.29, 1.82) is 0 Å². The minimum atomic E-state index is 0. The lowest BCUT2D eigenvalue weighted by atomic mass is 10.2. The van der Waals surface area contributed by atoms with Crippen LogP contribution in [0, 0.1) is 6.92 Å². The van der Waals surface area contributed by atoms with E-state index >= 15 is 0 Å². The van der Waals surface area contributed by atoms with E-state index in [0.29, 0.717) is 43.0 Å². The fraction of sp³-hybridized carbons (Fsp3) is 0.471. The van der Waals surface area contributed by atoms with Crippen molar-refractivity contribution in [3.05, 3.63) is 40.4 Å². The van der Waals surface area contributed by atoms with Crippen LogP contribution in [0.4, 0.5) is 0 Å². The molecule has 0 fully saturated rings. The SMILES string of the molecule is COCCNC(=NCc1ccc(OC)c(Cl)c1)NCc1nnc(C)n1C.I. The van der Waals surface area contributed by atoms with E-state index in [1.807, 2.05) is 36.7 Å². The second kappa shape index (κ2) is 12.0. The van der Waals surface area contributed by atoms with Gasteiger partial charge < -0.3 is 24.7 Å². The van der Waals surface area contributed by atoms with Gasteiger partial charge in [0, 0.05) is 20.7 Å². The van der Waals surface area contributed by atoms with Crippen molar-refractivity contribution in [3.63, 3.8) is 0 Å². The Hall–Kier alpha value is -1.59. The minimum absolute atomic E-state index is 0. The molecule has 27 heavy (non-hydrogen) atoms. The highest BCUT2D eigenvalue weighted by Crippen LogP contribution is 2.25. The number of hydrogen-bond acceptors (Lipinski definition) is 5. The van der Waals surface area contributed by atoms with Crippen LogP contribution in [0.5, 0.6) is 5.75 Å². The van der Waals surface area contributed by atoms with Crippen molar-refractivity contribution in [2.75, 3.05) is 27.4 Å². The Morgan fingerprint density at radius 3 is 2.63 bits per heavy atom. The topological polar surface area (TPSA) is 85.6 Å². The van der Waals surface area contributed by atoms with Crippen molar-refractivity contribution in [1.82, 2.24) is 25.4 Å². The summed E-state index contributed by atoms with van der Waals surface area (Å²) in [6, 6.07) is 5.62. The Labute approximate surface area is 181 Å². The zero-order valence-electron chi connectivity index (χ0n) is 16.0. The second-order valence-electron chi connectivity index (χ2n) is 5.63. The quantitative estimate of drug-likeness (QED) is 0.246. The molecular weight excluding hydrogens is 483 g/mol. The molecule has 0 aliphatic rings. The largest absolute Gasteiger partial charge is 0.495 e. The van der Waals surface area contributed by atoms with Crippen molar-refractivity contribution >= 4 is 41.5 Å². The van der Waals surface area contributed by atoms with Crippen LogP contribution in [0.2, 0.25) is 5.02 Å². The predicted molar refractivity (Wildman–Crippen MR) is 117 cm³/mol. The van der Waals surface area contributed by atoms with Gasteiger partial charge in [-0.1, -0.05) is 17.7 Å². The average Bonchev–Trinajstić information content (AvgIpc) is 2.95. The van der Waals surface area contributed by atoms with Crippen LogP contribution < -0.4 is 15.4 Å². The molecule has 1 aromatic heterocycles. The molecule has 10 heteroatoms. The first-order valence-electron chi connectivity index (χ1n) is 8.23. The Kier molecular flexibility index (Phi) is 10.4. The third kappa shape index (κ3) is 7.15. The van der Waals surface area contributed by atoms with Gasteiger partial charge in [-0.2, -0.15) is 0 Å². The predicted octanol–water partition coefficient (Wildman–Crippen LogP) is 2.29. The molecule has 0 saturated heterocycles. The van der Waals surface area contributed by atoms with E-state index in [9.17, 15) is 0 Å². The lowest BCUT2D eigenvalue weighted by molar-refractivity contribution is 0.203. The monoisotopic (exact) mass is 508 g/mol. The van der Waals surface area contributed by atoms with Gasteiger partial charge in [-0.3, -0.25) is 0 Å². The third-order valence-electron chi connectivity index (χ3n) is 3.83. The number of halogens is 2. The number of aryl methyl sites for hydroxylation is 1. The first kappa shape index (κ1) is 23.4. The standard InChI is InChI=1S/C17H25ClN6O2.HI/c1-12-22-23-16(24(12)2)11-21-17(19-7-8-25-3)20-10-13-5-6-15(26-4)14(18)9-13;/h5-6,9H,7-8,10-11H2,1-4H3,(H2,19,20,21);1H. The van der Waals surface area contributed by atoms with Crippen LogP contribution in [0.15, 0.2) is 23.2 Å². The van der Waals surface area contributed by atoms with Crippen LogP contribution in [0.25, 0.3) is 0 Å². The van der Waals surface area contributed by atoms with Gasteiger partial charge in [0.05, 0.1) is 31.8 Å². The molecule has 1 heterocycles. The highest BCUT2D eigenvalue weighted by atomic mass is 127. The maximum absolute atomic E-state index is 6.17. The zero-order valence-corrected chi connectivity index (χ0v) is 19.0. The van der Waals surface area contributed by atoms with Gasteiger partial charge in [0.2, 0.25) is 0 Å². The molecule has 1 aromatic carbocycles. The number of aromatic nitrogens is 3. The average molecular weight is 509 g/mol. The fourth-order valence-corrected chi connectivity index (χ4v) is 2.47. The first-order chi connectivity index (χ1) is 12.5. The summed E-state index contributed by atoms with van der Waals surface area (Å²) in [6.45, 7) is 4.13. The van der Waals surface area contributed by atoms with Crippen LogP contribution in [0.3, 0.4) is 0 Å². The zero-order chi connectivity index (χ0) is 18.9. The second-order valence-corrected chi connectivity index (χ2v) is 6.04. The molecule has 0 unspecified atom stereocenters. The van der Waals surface area contributed by atoms with Crippen LogP contribution in [-0.4, -0.2) is 48.1 Å². The van der Waals surface area contributed by atoms with Gasteiger partial charge >= 0.3 is 0 Å². The number of aliphatic imine (C=N–C) groups is 1. The van der Waals surface area contributed by atoms with Crippen LogP contribution in [-0.2, 0) is 24.9 Å². The van der Waals surface area contributed by atoms with Crippen molar-refractivity contribution < 1.29 is 9.47 Å². The summed E-state index contributed by atoms with van der Waals surface area (Å²) in [7, 11) is 5.18. The molecule has 0 radical (unpaired) electrons. The summed E-state index contributed by atoms with van der Waals surface area (Å²) >= 11 is 6.17. The van der Waals surface area contributed by atoms with Gasteiger partial charge in [-0.15, -0.1) is 34.2 Å². The number of hydrogen-bond donors (Lipinski definition) is 2. The summed E-state index contributed by atoms with van der Waals surface area (Å²) in [5, 5.41) is 15.2. The molecule has 0 saturated carbocycles. The lowest BCUT2D eigenvalue weighted by Gasteiger charge is -2.12. The molecule has 2 aromatic rings. The normalized spacial score (nSPS) is 11.1. The van der Waals surface area contributed by atoms with E-state index in [2.05, 4.69) is 25.8 Å².